The van der Waals surface area contributed by atoms with Gasteiger partial charge in [-0.15, -0.1) is 0 Å². The Bertz CT molecular complexity index is 1340. The fraction of sp³-hybridized carbons (Fsp3) is 0.214. The van der Waals surface area contributed by atoms with Gasteiger partial charge < -0.3 is 20.1 Å². The van der Waals surface area contributed by atoms with Crippen LogP contribution >= 0.6 is 11.6 Å². The zero-order valence-electron chi connectivity index (χ0n) is 21.5. The summed E-state index contributed by atoms with van der Waals surface area (Å²) < 4.78 is 11.0. The molecule has 0 aliphatic rings. The van der Waals surface area contributed by atoms with E-state index in [1.54, 1.807) is 13.0 Å². The highest BCUT2D eigenvalue weighted by atomic mass is 35.5. The largest absolute Gasteiger partial charge is 0.493 e. The summed E-state index contributed by atoms with van der Waals surface area (Å²) in [6, 6.07) is 17.7. The minimum absolute atomic E-state index is 0.172. The highest BCUT2D eigenvalue weighted by molar-refractivity contribution is 6.35. The van der Waals surface area contributed by atoms with Crippen LogP contribution in [0.15, 0.2) is 65.8 Å². The molecule has 0 aliphatic carbocycles. The Kier molecular flexibility index (Phi) is 9.84. The standard InChI is InChI=1S/C28H29ClN4O5/c1-17-10-11-23(18(2)12-17)32-25(34)16-38-26-22(29)13-20(14-24(26)37-4)15-30-33-28(36)27(35)31-19(3)21-8-6-5-7-9-21/h5-15,19H,16H2,1-4H3,(H,31,35)(H,32,34)(H,33,36)/b30-15-/t19-/m0/s1. The van der Waals surface area contributed by atoms with E-state index in [9.17, 15) is 14.4 Å². The van der Waals surface area contributed by atoms with Gasteiger partial charge in [0.25, 0.3) is 5.91 Å². The van der Waals surface area contributed by atoms with Crippen LogP contribution in [0.25, 0.3) is 0 Å². The number of methoxy groups -OCH3 is 1. The second-order valence-electron chi connectivity index (χ2n) is 8.49. The third-order valence-electron chi connectivity index (χ3n) is 5.49. The quantitative estimate of drug-likeness (QED) is 0.214. The van der Waals surface area contributed by atoms with E-state index in [1.807, 2.05) is 62.4 Å². The molecule has 38 heavy (non-hydrogen) atoms. The van der Waals surface area contributed by atoms with Gasteiger partial charge in [-0.2, -0.15) is 5.10 Å². The molecule has 3 amide bonds. The van der Waals surface area contributed by atoms with Crippen molar-refractivity contribution in [3.05, 3.63) is 87.9 Å². The number of aryl methyl sites for hydroxylation is 2. The molecule has 0 aromatic heterocycles. The van der Waals surface area contributed by atoms with Gasteiger partial charge in [0.2, 0.25) is 0 Å². The number of hydrazone groups is 1. The SMILES string of the molecule is COc1cc(/C=N\NC(=O)C(=O)N[C@@H](C)c2ccccc2)cc(Cl)c1OCC(=O)Nc1ccc(C)cc1C. The van der Waals surface area contributed by atoms with Crippen LogP contribution in [0.4, 0.5) is 5.69 Å². The molecule has 0 radical (unpaired) electrons. The molecule has 0 spiro atoms. The first kappa shape index (κ1) is 28.2. The summed E-state index contributed by atoms with van der Waals surface area (Å²) in [4.78, 5) is 36.7. The van der Waals surface area contributed by atoms with Crippen LogP contribution in [0.2, 0.25) is 5.02 Å². The maximum atomic E-state index is 12.4. The van der Waals surface area contributed by atoms with Gasteiger partial charge in [-0.25, -0.2) is 5.43 Å². The smallest absolute Gasteiger partial charge is 0.329 e. The molecule has 10 heteroatoms. The van der Waals surface area contributed by atoms with Crippen molar-refractivity contribution in [2.24, 2.45) is 5.10 Å². The van der Waals surface area contributed by atoms with Crippen LogP contribution in [0.5, 0.6) is 11.5 Å². The number of hydrogen-bond donors (Lipinski definition) is 3. The summed E-state index contributed by atoms with van der Waals surface area (Å²) in [5.41, 5.74) is 6.24. The van der Waals surface area contributed by atoms with Crippen LogP contribution in [0, 0.1) is 13.8 Å². The lowest BCUT2D eigenvalue weighted by atomic mass is 10.1. The number of anilines is 1. The maximum absolute atomic E-state index is 12.4. The van der Waals surface area contributed by atoms with E-state index in [-0.39, 0.29) is 35.1 Å². The predicted molar refractivity (Wildman–Crippen MR) is 147 cm³/mol. The average Bonchev–Trinajstić information content (AvgIpc) is 2.89. The molecule has 0 fully saturated rings. The van der Waals surface area contributed by atoms with Gasteiger partial charge in [0.05, 0.1) is 24.4 Å². The van der Waals surface area contributed by atoms with Crippen molar-refractivity contribution in [3.8, 4) is 11.5 Å². The van der Waals surface area contributed by atoms with Crippen molar-refractivity contribution in [3.63, 3.8) is 0 Å². The van der Waals surface area contributed by atoms with Gasteiger partial charge in [0, 0.05) is 5.69 Å². The Morgan fingerprint density at radius 3 is 2.45 bits per heavy atom. The molecule has 1 atom stereocenters. The van der Waals surface area contributed by atoms with Crippen LogP contribution < -0.4 is 25.5 Å². The van der Waals surface area contributed by atoms with Gasteiger partial charge in [-0.1, -0.05) is 59.6 Å². The lowest BCUT2D eigenvalue weighted by Crippen LogP contribution is -2.39. The van der Waals surface area contributed by atoms with E-state index in [0.29, 0.717) is 11.3 Å². The number of carbonyl (C=O) groups is 3. The summed E-state index contributed by atoms with van der Waals surface area (Å²) in [5, 5.41) is 9.40. The van der Waals surface area contributed by atoms with Crippen LogP contribution in [-0.4, -0.2) is 37.7 Å². The molecule has 9 nitrogen and oxygen atoms in total. The third-order valence-corrected chi connectivity index (χ3v) is 5.77. The Morgan fingerprint density at radius 2 is 1.76 bits per heavy atom. The summed E-state index contributed by atoms with van der Waals surface area (Å²) >= 11 is 6.36. The molecule has 0 aliphatic heterocycles. The molecule has 0 heterocycles. The number of ether oxygens (including phenoxy) is 2. The average molecular weight is 537 g/mol. The second kappa shape index (κ2) is 13.3. The summed E-state index contributed by atoms with van der Waals surface area (Å²) in [6.45, 7) is 5.37. The van der Waals surface area contributed by atoms with Gasteiger partial charge >= 0.3 is 11.8 Å². The topological polar surface area (TPSA) is 118 Å². The fourth-order valence-corrected chi connectivity index (χ4v) is 3.81. The van der Waals surface area contributed by atoms with Gasteiger partial charge in [-0.05, 0) is 55.7 Å². The lowest BCUT2D eigenvalue weighted by Gasteiger charge is -2.14. The maximum Gasteiger partial charge on any atom is 0.329 e. The molecule has 3 rings (SSSR count). The molecule has 3 N–H and O–H groups in total. The lowest BCUT2D eigenvalue weighted by molar-refractivity contribution is -0.139. The van der Waals surface area contributed by atoms with Crippen molar-refractivity contribution < 1.29 is 23.9 Å². The first-order valence-electron chi connectivity index (χ1n) is 11.7. The number of rotatable bonds is 9. The Hall–Kier alpha value is -4.37. The first-order valence-corrected chi connectivity index (χ1v) is 12.1. The third kappa shape index (κ3) is 7.81. The highest BCUT2D eigenvalue weighted by Gasteiger charge is 2.17. The molecule has 198 valence electrons. The molecular weight excluding hydrogens is 508 g/mol. The number of nitrogens with one attached hydrogen (secondary N) is 3. The summed E-state index contributed by atoms with van der Waals surface area (Å²) in [6.07, 6.45) is 1.30. The second-order valence-corrected chi connectivity index (χ2v) is 8.90. The van der Waals surface area contributed by atoms with Crippen LogP contribution in [0.3, 0.4) is 0 Å². The normalized spacial score (nSPS) is 11.5. The number of benzene rings is 3. The number of hydrogen-bond acceptors (Lipinski definition) is 6. The minimum atomic E-state index is -0.920. The van der Waals surface area contributed by atoms with E-state index in [2.05, 4.69) is 21.2 Å². The van der Waals surface area contributed by atoms with Crippen molar-refractivity contribution in [2.75, 3.05) is 19.0 Å². The zero-order valence-corrected chi connectivity index (χ0v) is 22.3. The fourth-order valence-electron chi connectivity index (χ4n) is 3.54. The van der Waals surface area contributed by atoms with Crippen LogP contribution in [0.1, 0.15) is 35.2 Å². The molecule has 3 aromatic rings. The predicted octanol–water partition coefficient (Wildman–Crippen LogP) is 4.31. The van der Waals surface area contributed by atoms with E-state index < -0.39 is 11.8 Å². The Labute approximate surface area is 226 Å². The molecule has 0 saturated carbocycles. The van der Waals surface area contributed by atoms with E-state index in [1.165, 1.54) is 19.4 Å². The van der Waals surface area contributed by atoms with Crippen molar-refractivity contribution in [2.45, 2.75) is 26.8 Å². The molecule has 0 bridgehead atoms. The van der Waals surface area contributed by atoms with E-state index >= 15 is 0 Å². The van der Waals surface area contributed by atoms with Gasteiger partial charge in [0.15, 0.2) is 18.1 Å². The molecule has 0 saturated heterocycles. The van der Waals surface area contributed by atoms with Gasteiger partial charge in [-0.3, -0.25) is 14.4 Å². The monoisotopic (exact) mass is 536 g/mol. The van der Waals surface area contributed by atoms with E-state index in [4.69, 9.17) is 21.1 Å². The van der Waals surface area contributed by atoms with Crippen LogP contribution in [-0.2, 0) is 14.4 Å². The molecular formula is C28H29ClN4O5. The summed E-state index contributed by atoms with van der Waals surface area (Å²) in [7, 11) is 1.43. The number of amides is 3. The number of carbonyl (C=O) groups excluding carboxylic acids is 3. The number of halogens is 1. The van der Waals surface area contributed by atoms with E-state index in [0.717, 1.165) is 16.7 Å². The highest BCUT2D eigenvalue weighted by Crippen LogP contribution is 2.36. The van der Waals surface area contributed by atoms with Crippen molar-refractivity contribution in [1.82, 2.24) is 10.7 Å². The molecule has 3 aromatic carbocycles. The minimum Gasteiger partial charge on any atom is -0.493 e. The Balaban J connectivity index is 1.57. The molecule has 0 unspecified atom stereocenters. The number of nitrogens with zero attached hydrogens (tertiary/aromatic N) is 1. The Morgan fingerprint density at radius 1 is 1.03 bits per heavy atom. The van der Waals surface area contributed by atoms with Crippen molar-refractivity contribution >= 4 is 41.2 Å². The van der Waals surface area contributed by atoms with Crippen molar-refractivity contribution in [1.29, 1.82) is 0 Å². The summed E-state index contributed by atoms with van der Waals surface area (Å²) in [5.74, 6) is -1.66. The first-order chi connectivity index (χ1) is 18.2. The zero-order chi connectivity index (χ0) is 27.7. The van der Waals surface area contributed by atoms with Gasteiger partial charge in [0.1, 0.15) is 0 Å².